The summed E-state index contributed by atoms with van der Waals surface area (Å²) in [5, 5.41) is 7.51. The summed E-state index contributed by atoms with van der Waals surface area (Å²) in [6, 6.07) is 57.6. The van der Waals surface area contributed by atoms with Crippen LogP contribution >= 0.6 is 0 Å². The molecule has 1 nitrogen and oxygen atoms in total. The van der Waals surface area contributed by atoms with Gasteiger partial charge in [0.15, 0.2) is 0 Å². The first-order chi connectivity index (χ1) is 24.3. The molecule has 0 radical (unpaired) electrons. The minimum Gasteiger partial charge on any atom is -0.485 e. The fraction of sp³-hybridized carbons (Fsp3) is 0.0417. The highest BCUT2D eigenvalue weighted by Crippen LogP contribution is 2.53. The molecular weight excluding hydrogens is 593 g/mol. The van der Waals surface area contributed by atoms with Crippen molar-refractivity contribution in [2.24, 2.45) is 0 Å². The Labute approximate surface area is 286 Å². The lowest BCUT2D eigenvalue weighted by Gasteiger charge is -2.22. The first kappa shape index (κ1) is 27.9. The van der Waals surface area contributed by atoms with Gasteiger partial charge in [-0.1, -0.05) is 158 Å². The minimum atomic E-state index is -0.0206. The standard InChI is InChI=1S/C48H32O/c1-2-15-32(16-3-1)36-18-6-7-19-37(36)35-29-43(48-42-24-12-13-25-44(42)49-45(48)30-35)47-40-22-10-8-20-38(40)46(39-21-9-11-23-41(39)47)34-27-26-31-14-4-5-17-33(31)28-34/h1-30,42,44H. The van der Waals surface area contributed by atoms with Gasteiger partial charge in [-0.2, -0.15) is 0 Å². The molecule has 0 bridgehead atoms. The molecule has 2 atom stereocenters. The number of fused-ring (bicyclic) bond motifs is 6. The van der Waals surface area contributed by atoms with E-state index in [9.17, 15) is 0 Å². The van der Waals surface area contributed by atoms with Gasteiger partial charge in [-0.3, -0.25) is 0 Å². The fourth-order valence-corrected chi connectivity index (χ4v) is 8.22. The van der Waals surface area contributed by atoms with Gasteiger partial charge in [0.1, 0.15) is 11.9 Å². The highest BCUT2D eigenvalue weighted by atomic mass is 16.5. The van der Waals surface area contributed by atoms with Crippen molar-refractivity contribution >= 4 is 32.3 Å². The van der Waals surface area contributed by atoms with Crippen LogP contribution in [0.3, 0.4) is 0 Å². The summed E-state index contributed by atoms with van der Waals surface area (Å²) >= 11 is 0. The fourth-order valence-electron chi connectivity index (χ4n) is 8.22. The molecule has 0 fully saturated rings. The predicted octanol–water partition coefficient (Wildman–Crippen LogP) is 12.8. The van der Waals surface area contributed by atoms with Crippen molar-refractivity contribution in [2.45, 2.75) is 12.0 Å². The summed E-state index contributed by atoms with van der Waals surface area (Å²) in [5.74, 6) is 1.11. The lowest BCUT2D eigenvalue weighted by molar-refractivity contribution is 0.269. The van der Waals surface area contributed by atoms with E-state index in [4.69, 9.17) is 4.74 Å². The Balaban J connectivity index is 1.30. The Hall–Kier alpha value is -6.18. The Morgan fingerprint density at radius 3 is 1.71 bits per heavy atom. The molecule has 2 unspecified atom stereocenters. The zero-order valence-electron chi connectivity index (χ0n) is 26.9. The first-order valence-corrected chi connectivity index (χ1v) is 17.1. The molecule has 0 saturated carbocycles. The van der Waals surface area contributed by atoms with Gasteiger partial charge in [0.05, 0.1) is 0 Å². The molecule has 0 aromatic heterocycles. The maximum absolute atomic E-state index is 6.80. The van der Waals surface area contributed by atoms with E-state index in [0.717, 1.165) is 11.3 Å². The summed E-state index contributed by atoms with van der Waals surface area (Å²) < 4.78 is 6.80. The second-order valence-corrected chi connectivity index (χ2v) is 13.1. The molecule has 0 spiro atoms. The van der Waals surface area contributed by atoms with Crippen molar-refractivity contribution in [1.29, 1.82) is 0 Å². The van der Waals surface area contributed by atoms with Crippen molar-refractivity contribution in [3.8, 4) is 50.3 Å². The predicted molar refractivity (Wildman–Crippen MR) is 206 cm³/mol. The van der Waals surface area contributed by atoms with E-state index >= 15 is 0 Å². The molecule has 0 saturated heterocycles. The number of allylic oxidation sites excluding steroid dienone is 2. The SMILES string of the molecule is C1=CC2Oc3cc(-c4ccccc4-c4ccccc4)cc(-c4c5ccccc5c(-c5ccc6ccccc6c5)c5ccccc45)c3C2C=C1. The molecule has 10 rings (SSSR count). The van der Waals surface area contributed by atoms with Gasteiger partial charge in [0.2, 0.25) is 0 Å². The van der Waals surface area contributed by atoms with E-state index in [1.807, 2.05) is 0 Å². The van der Waals surface area contributed by atoms with E-state index < -0.39 is 0 Å². The van der Waals surface area contributed by atoms with E-state index in [1.165, 1.54) is 76.8 Å². The third-order valence-corrected chi connectivity index (χ3v) is 10.4. The molecule has 1 heterocycles. The van der Waals surface area contributed by atoms with Crippen LogP contribution in [0, 0.1) is 0 Å². The summed E-state index contributed by atoms with van der Waals surface area (Å²) in [6.45, 7) is 0. The van der Waals surface area contributed by atoms with Gasteiger partial charge < -0.3 is 4.74 Å². The molecule has 1 heteroatoms. The van der Waals surface area contributed by atoms with Gasteiger partial charge >= 0.3 is 0 Å². The summed E-state index contributed by atoms with van der Waals surface area (Å²) in [6.07, 6.45) is 8.77. The maximum Gasteiger partial charge on any atom is 0.128 e. The number of hydrogen-bond acceptors (Lipinski definition) is 1. The van der Waals surface area contributed by atoms with E-state index in [0.29, 0.717) is 0 Å². The summed E-state index contributed by atoms with van der Waals surface area (Å²) in [4.78, 5) is 0. The van der Waals surface area contributed by atoms with Crippen LogP contribution in [-0.2, 0) is 0 Å². The minimum absolute atomic E-state index is 0.0206. The molecular formula is C48H32O. The van der Waals surface area contributed by atoms with Crippen LogP contribution in [0.15, 0.2) is 182 Å². The lowest BCUT2D eigenvalue weighted by Crippen LogP contribution is -2.15. The largest absolute Gasteiger partial charge is 0.485 e. The normalized spacial score (nSPS) is 16.2. The van der Waals surface area contributed by atoms with Gasteiger partial charge in [-0.05, 0) is 101 Å². The average Bonchev–Trinajstić information content (AvgIpc) is 3.55. The highest BCUT2D eigenvalue weighted by molar-refractivity contribution is 6.22. The highest BCUT2D eigenvalue weighted by Gasteiger charge is 2.36. The number of hydrogen-bond donors (Lipinski definition) is 0. The Kier molecular flexibility index (Phi) is 6.38. The lowest BCUT2D eigenvalue weighted by atomic mass is 9.80. The van der Waals surface area contributed by atoms with Gasteiger partial charge in [-0.15, -0.1) is 0 Å². The monoisotopic (exact) mass is 624 g/mol. The van der Waals surface area contributed by atoms with Gasteiger partial charge in [0.25, 0.3) is 0 Å². The molecule has 49 heavy (non-hydrogen) atoms. The van der Waals surface area contributed by atoms with Crippen LogP contribution in [0.25, 0.3) is 76.8 Å². The molecule has 1 aliphatic carbocycles. The molecule has 1 aliphatic heterocycles. The molecule has 230 valence electrons. The van der Waals surface area contributed by atoms with Crippen molar-refractivity contribution in [2.75, 3.05) is 0 Å². The van der Waals surface area contributed by atoms with Crippen molar-refractivity contribution in [3.05, 3.63) is 188 Å². The Morgan fingerprint density at radius 1 is 0.388 bits per heavy atom. The molecule has 0 amide bonds. The first-order valence-electron chi connectivity index (χ1n) is 17.1. The topological polar surface area (TPSA) is 9.23 Å². The summed E-state index contributed by atoms with van der Waals surface area (Å²) in [5.41, 5.74) is 11.0. The zero-order chi connectivity index (χ0) is 32.3. The van der Waals surface area contributed by atoms with Crippen LogP contribution in [0.1, 0.15) is 11.5 Å². The van der Waals surface area contributed by atoms with Crippen molar-refractivity contribution in [3.63, 3.8) is 0 Å². The molecule has 8 aromatic carbocycles. The summed E-state index contributed by atoms with van der Waals surface area (Å²) in [7, 11) is 0. The van der Waals surface area contributed by atoms with E-state index in [-0.39, 0.29) is 12.0 Å². The molecule has 0 N–H and O–H groups in total. The molecule has 2 aliphatic rings. The zero-order valence-corrected chi connectivity index (χ0v) is 26.9. The van der Waals surface area contributed by atoms with Crippen molar-refractivity contribution in [1.82, 2.24) is 0 Å². The number of ether oxygens (including phenoxy) is 1. The second-order valence-electron chi connectivity index (χ2n) is 13.1. The quantitative estimate of drug-likeness (QED) is 0.177. The molecule has 8 aromatic rings. The van der Waals surface area contributed by atoms with Gasteiger partial charge in [0, 0.05) is 11.5 Å². The van der Waals surface area contributed by atoms with Crippen LogP contribution in [0.5, 0.6) is 5.75 Å². The average molecular weight is 625 g/mol. The van der Waals surface area contributed by atoms with Crippen LogP contribution in [0.2, 0.25) is 0 Å². The third kappa shape index (κ3) is 4.47. The number of rotatable bonds is 4. The second kappa shape index (κ2) is 11.2. The maximum atomic E-state index is 6.80. The smallest absolute Gasteiger partial charge is 0.128 e. The van der Waals surface area contributed by atoms with Crippen molar-refractivity contribution < 1.29 is 4.74 Å². The van der Waals surface area contributed by atoms with Crippen LogP contribution < -0.4 is 4.74 Å². The number of benzene rings is 8. The third-order valence-electron chi connectivity index (χ3n) is 10.4. The Bertz CT molecular complexity index is 2590. The van der Waals surface area contributed by atoms with E-state index in [1.54, 1.807) is 0 Å². The van der Waals surface area contributed by atoms with Gasteiger partial charge in [-0.25, -0.2) is 0 Å². The van der Waals surface area contributed by atoms with E-state index in [2.05, 4.69) is 182 Å². The Morgan fingerprint density at radius 2 is 0.980 bits per heavy atom. The van der Waals surface area contributed by atoms with Crippen LogP contribution in [0.4, 0.5) is 0 Å². The van der Waals surface area contributed by atoms with Crippen LogP contribution in [-0.4, -0.2) is 6.10 Å².